The van der Waals surface area contributed by atoms with Gasteiger partial charge < -0.3 is 9.30 Å². The molecule has 0 amide bonds. The molecule has 2 aromatic rings. The predicted molar refractivity (Wildman–Crippen MR) is 60.0 cm³/mol. The number of benzene rings is 1. The van der Waals surface area contributed by atoms with E-state index >= 15 is 0 Å². The molecule has 0 aliphatic heterocycles. The summed E-state index contributed by atoms with van der Waals surface area (Å²) < 4.78 is 7.48. The molecule has 1 aromatic heterocycles. The molecule has 2 rings (SSSR count). The van der Waals surface area contributed by atoms with Crippen LogP contribution in [0, 0.1) is 6.33 Å². The van der Waals surface area contributed by atoms with Crippen molar-refractivity contribution in [3.63, 3.8) is 0 Å². The van der Waals surface area contributed by atoms with Crippen LogP contribution in [0.5, 0.6) is 5.75 Å². The smallest absolute Gasteiger partial charge is 0.177 e. The molecule has 0 spiro atoms. The molecule has 1 heterocycles. The Morgan fingerprint density at radius 3 is 3.13 bits per heavy atom. The Morgan fingerprint density at radius 1 is 1.47 bits per heavy atom. The molecule has 3 heteroatoms. The van der Waals surface area contributed by atoms with Crippen molar-refractivity contribution in [2.75, 3.05) is 6.61 Å². The minimum atomic E-state index is 0.776. The zero-order chi connectivity index (χ0) is 10.7. The van der Waals surface area contributed by atoms with E-state index in [1.165, 1.54) is 0 Å². The monoisotopic (exact) mass is 203 g/mol. The highest BCUT2D eigenvalue weighted by Crippen LogP contribution is 2.19. The highest BCUT2D eigenvalue weighted by molar-refractivity contribution is 5.76. The highest BCUT2D eigenvalue weighted by atomic mass is 16.5. The molecule has 79 valence electrons. The molecular formula is C12H15N2O. The first-order valence-electron chi connectivity index (χ1n) is 5.28. The van der Waals surface area contributed by atoms with Crippen LogP contribution < -0.4 is 4.74 Å². The Labute approximate surface area is 89.7 Å². The number of aromatic nitrogens is 2. The summed E-state index contributed by atoms with van der Waals surface area (Å²) in [6.07, 6.45) is 5.12. The summed E-state index contributed by atoms with van der Waals surface area (Å²) in [5, 5.41) is 0. The van der Waals surface area contributed by atoms with Crippen LogP contribution in [0.4, 0.5) is 0 Å². The van der Waals surface area contributed by atoms with Crippen LogP contribution in [-0.4, -0.2) is 16.2 Å². The standard InChI is InChI=1S/C12H15N2O/c1-3-4-7-15-10-5-6-12-11(8-10)13-9-14(12)2/h5-6,8H,3-4,7H2,1-2H3. The van der Waals surface area contributed by atoms with Crippen molar-refractivity contribution >= 4 is 11.0 Å². The van der Waals surface area contributed by atoms with E-state index in [-0.39, 0.29) is 0 Å². The maximum Gasteiger partial charge on any atom is 0.177 e. The van der Waals surface area contributed by atoms with Crippen LogP contribution in [0.1, 0.15) is 19.8 Å². The summed E-state index contributed by atoms with van der Waals surface area (Å²) >= 11 is 0. The van der Waals surface area contributed by atoms with E-state index < -0.39 is 0 Å². The number of hydrogen-bond acceptors (Lipinski definition) is 2. The van der Waals surface area contributed by atoms with Crippen LogP contribution in [0.15, 0.2) is 18.2 Å². The number of aryl methyl sites for hydroxylation is 1. The van der Waals surface area contributed by atoms with E-state index in [2.05, 4.69) is 18.2 Å². The van der Waals surface area contributed by atoms with E-state index in [4.69, 9.17) is 4.74 Å². The van der Waals surface area contributed by atoms with Crippen LogP contribution >= 0.6 is 0 Å². The van der Waals surface area contributed by atoms with Crippen LogP contribution in [0.3, 0.4) is 0 Å². The maximum absolute atomic E-state index is 5.60. The molecular weight excluding hydrogens is 188 g/mol. The van der Waals surface area contributed by atoms with Crippen molar-refractivity contribution in [1.82, 2.24) is 9.55 Å². The molecule has 0 saturated heterocycles. The highest BCUT2D eigenvalue weighted by Gasteiger charge is 2.01. The van der Waals surface area contributed by atoms with Crippen molar-refractivity contribution < 1.29 is 4.74 Å². The average Bonchev–Trinajstić information content (AvgIpc) is 2.61. The Hall–Kier alpha value is -1.51. The van der Waals surface area contributed by atoms with Crippen LogP contribution in [0.2, 0.25) is 0 Å². The largest absolute Gasteiger partial charge is 0.494 e. The molecule has 15 heavy (non-hydrogen) atoms. The van der Waals surface area contributed by atoms with Crippen LogP contribution in [0.25, 0.3) is 11.0 Å². The van der Waals surface area contributed by atoms with Gasteiger partial charge in [-0.1, -0.05) is 13.3 Å². The second kappa shape index (κ2) is 4.34. The molecule has 0 fully saturated rings. The molecule has 1 radical (unpaired) electrons. The predicted octanol–water partition coefficient (Wildman–Crippen LogP) is 2.55. The Morgan fingerprint density at radius 2 is 2.33 bits per heavy atom. The number of rotatable bonds is 4. The first-order valence-corrected chi connectivity index (χ1v) is 5.28. The lowest BCUT2D eigenvalue weighted by Gasteiger charge is -2.04. The summed E-state index contributed by atoms with van der Waals surface area (Å²) in [7, 11) is 1.94. The summed E-state index contributed by atoms with van der Waals surface area (Å²) in [6.45, 7) is 2.93. The van der Waals surface area contributed by atoms with Gasteiger partial charge in [0.2, 0.25) is 0 Å². The zero-order valence-corrected chi connectivity index (χ0v) is 9.16. The Balaban J connectivity index is 2.16. The van der Waals surface area contributed by atoms with Crippen molar-refractivity contribution in [3.8, 4) is 5.75 Å². The molecule has 0 aliphatic carbocycles. The lowest BCUT2D eigenvalue weighted by Crippen LogP contribution is -1.96. The molecule has 0 N–H and O–H groups in total. The van der Waals surface area contributed by atoms with Gasteiger partial charge in [-0.05, 0) is 18.6 Å². The van der Waals surface area contributed by atoms with Crippen molar-refractivity contribution in [2.45, 2.75) is 19.8 Å². The Kier molecular flexibility index (Phi) is 2.90. The van der Waals surface area contributed by atoms with E-state index in [0.717, 1.165) is 36.2 Å². The van der Waals surface area contributed by atoms with Crippen molar-refractivity contribution in [2.24, 2.45) is 7.05 Å². The molecule has 3 nitrogen and oxygen atoms in total. The van der Waals surface area contributed by atoms with Gasteiger partial charge in [-0.3, -0.25) is 0 Å². The maximum atomic E-state index is 5.60. The fourth-order valence-electron chi connectivity index (χ4n) is 1.48. The molecule has 0 atom stereocenters. The second-order valence-corrected chi connectivity index (χ2v) is 3.62. The van der Waals surface area contributed by atoms with E-state index in [0.29, 0.717) is 0 Å². The summed E-state index contributed by atoms with van der Waals surface area (Å²) in [5.41, 5.74) is 2.02. The van der Waals surface area contributed by atoms with E-state index in [9.17, 15) is 0 Å². The van der Waals surface area contributed by atoms with Crippen molar-refractivity contribution in [1.29, 1.82) is 0 Å². The molecule has 0 aliphatic rings. The van der Waals surface area contributed by atoms with Gasteiger partial charge in [-0.15, -0.1) is 0 Å². The number of unbranched alkanes of at least 4 members (excludes halogenated alkanes) is 1. The minimum absolute atomic E-state index is 0.776. The van der Waals surface area contributed by atoms with Gasteiger partial charge in [-0.25, -0.2) is 4.98 Å². The lowest BCUT2D eigenvalue weighted by atomic mass is 10.3. The number of fused-ring (bicyclic) bond motifs is 1. The minimum Gasteiger partial charge on any atom is -0.494 e. The lowest BCUT2D eigenvalue weighted by molar-refractivity contribution is 0.310. The topological polar surface area (TPSA) is 27.1 Å². The third-order valence-corrected chi connectivity index (χ3v) is 2.40. The number of nitrogens with zero attached hydrogens (tertiary/aromatic N) is 2. The van der Waals surface area contributed by atoms with E-state index in [1.807, 2.05) is 29.8 Å². The normalized spacial score (nSPS) is 10.8. The number of imidazole rings is 1. The van der Waals surface area contributed by atoms with E-state index in [1.54, 1.807) is 0 Å². The number of ether oxygens (including phenoxy) is 1. The van der Waals surface area contributed by atoms with Crippen LogP contribution in [-0.2, 0) is 7.05 Å². The SMILES string of the molecule is CCCCOc1ccc2c(c1)n[c]n2C. The average molecular weight is 203 g/mol. The van der Waals surface area contributed by atoms with Gasteiger partial charge in [0.1, 0.15) is 5.75 Å². The first-order chi connectivity index (χ1) is 7.31. The fourth-order valence-corrected chi connectivity index (χ4v) is 1.48. The van der Waals surface area contributed by atoms with Gasteiger partial charge in [-0.2, -0.15) is 0 Å². The number of hydrogen-bond donors (Lipinski definition) is 0. The quantitative estimate of drug-likeness (QED) is 0.714. The summed E-state index contributed by atoms with van der Waals surface area (Å²) in [5.74, 6) is 0.892. The summed E-state index contributed by atoms with van der Waals surface area (Å²) in [4.78, 5) is 4.17. The Bertz CT molecular complexity index is 448. The van der Waals surface area contributed by atoms with Gasteiger partial charge in [0.15, 0.2) is 6.33 Å². The second-order valence-electron chi connectivity index (χ2n) is 3.62. The third-order valence-electron chi connectivity index (χ3n) is 2.40. The third kappa shape index (κ3) is 2.12. The van der Waals surface area contributed by atoms with Gasteiger partial charge in [0, 0.05) is 13.1 Å². The molecule has 0 saturated carbocycles. The fraction of sp³-hybridized carbons (Fsp3) is 0.417. The molecule has 0 unspecified atom stereocenters. The zero-order valence-electron chi connectivity index (χ0n) is 9.16. The van der Waals surface area contributed by atoms with Gasteiger partial charge in [0.05, 0.1) is 17.6 Å². The molecule has 1 aromatic carbocycles. The van der Waals surface area contributed by atoms with Crippen molar-refractivity contribution in [3.05, 3.63) is 24.5 Å². The van der Waals surface area contributed by atoms with Gasteiger partial charge in [0.25, 0.3) is 0 Å². The molecule has 0 bridgehead atoms. The summed E-state index contributed by atoms with van der Waals surface area (Å²) in [6, 6.07) is 5.95. The van der Waals surface area contributed by atoms with Gasteiger partial charge >= 0.3 is 0 Å². The first kappa shape index (κ1) is 10.0.